The summed E-state index contributed by atoms with van der Waals surface area (Å²) in [4.78, 5) is 21.6. The number of allylic oxidation sites excluding steroid dienone is 2. The van der Waals surface area contributed by atoms with E-state index in [1.54, 1.807) is 16.6 Å². The van der Waals surface area contributed by atoms with Gasteiger partial charge in [-0.15, -0.1) is 28.3 Å². The molecule has 11 nitrogen and oxygen atoms in total. The largest absolute Gasteiger partial charge is 0.319 e. The maximum Gasteiger partial charge on any atom is 0.224 e. The highest BCUT2D eigenvalue weighted by atomic mass is 79.9. The van der Waals surface area contributed by atoms with Crippen LogP contribution in [0.3, 0.4) is 0 Å². The second kappa shape index (κ2) is 29.1. The molecule has 14 heteroatoms. The summed E-state index contributed by atoms with van der Waals surface area (Å²) in [6, 6.07) is 116. The van der Waals surface area contributed by atoms with Crippen molar-refractivity contribution in [3.05, 3.63) is 389 Å². The van der Waals surface area contributed by atoms with E-state index >= 15 is 0 Å². The number of aromatic nitrogens is 4. The van der Waals surface area contributed by atoms with Gasteiger partial charge in [-0.3, -0.25) is 0 Å². The van der Waals surface area contributed by atoms with Gasteiger partial charge >= 0.3 is 0 Å². The van der Waals surface area contributed by atoms with Crippen molar-refractivity contribution in [2.24, 2.45) is 0 Å². The number of hydroxylamine groups is 2. The van der Waals surface area contributed by atoms with Crippen LogP contribution in [0.5, 0.6) is 0 Å². The molecule has 23 rings (SSSR count). The zero-order chi connectivity index (χ0) is 81.2. The third-order valence-electron chi connectivity index (χ3n) is 24.3. The second-order valence-electron chi connectivity index (χ2n) is 31.4. The maximum atomic E-state index is 10.8. The van der Waals surface area contributed by atoms with Gasteiger partial charge in [0.25, 0.3) is 0 Å². The lowest BCUT2D eigenvalue weighted by Crippen LogP contribution is -2.41. The van der Waals surface area contributed by atoms with E-state index < -0.39 is 11.2 Å². The highest BCUT2D eigenvalue weighted by molar-refractivity contribution is 9.10. The molecule has 120 heavy (non-hydrogen) atoms. The predicted octanol–water partition coefficient (Wildman–Crippen LogP) is 29.2. The van der Waals surface area contributed by atoms with E-state index in [-0.39, 0.29) is 5.92 Å². The summed E-state index contributed by atoms with van der Waals surface area (Å²) in [6.45, 7) is 24.2. The van der Waals surface area contributed by atoms with Crippen molar-refractivity contribution in [3.8, 4) is 68.3 Å². The highest BCUT2D eigenvalue weighted by Gasteiger charge is 2.51. The number of fused-ring (bicyclic) bond motifs is 18. The number of nitrogens with zero attached hydrogens (tertiary/aromatic N) is 9. The summed E-state index contributed by atoms with van der Waals surface area (Å²) in [5, 5.41) is 35.0. The minimum absolute atomic E-state index is 0.171. The Labute approximate surface area is 708 Å². The SMILES string of the molecule is CC1(C)ON(C2=CC3c4cc(-c5cccc(-n6c7ccccc7c7ccccc76)c5C#N)ccc4SC3C=C2)OC1(C)C.[C-]#[N+]c1c(-c2ccc3sc4ccc(-c5cccc(-n6c7ccccc7c7ccccc76)c5C#N)cc4c3c2)cccc1-n1c2ccccc2c2ccccc21.[C-]#[N+]c1c(Br)cccc1-n1c2ccccc2c2ccccc21. The van der Waals surface area contributed by atoms with E-state index in [1.165, 1.54) is 52.2 Å². The summed E-state index contributed by atoms with van der Waals surface area (Å²) in [7, 11) is 0. The van der Waals surface area contributed by atoms with Crippen molar-refractivity contribution in [3.63, 3.8) is 0 Å². The summed E-state index contributed by atoms with van der Waals surface area (Å²) >= 11 is 7.14. The van der Waals surface area contributed by atoms with E-state index in [2.05, 4.69) is 387 Å². The van der Waals surface area contributed by atoms with Gasteiger partial charge in [-0.1, -0.05) is 234 Å². The lowest BCUT2D eigenvalue weighted by Gasteiger charge is -2.26. The van der Waals surface area contributed by atoms with Crippen LogP contribution in [0.4, 0.5) is 11.4 Å². The van der Waals surface area contributed by atoms with Crippen molar-refractivity contribution in [1.29, 1.82) is 10.5 Å². The number of rotatable bonds is 8. The van der Waals surface area contributed by atoms with Gasteiger partial charge in [0.2, 0.25) is 11.4 Å². The normalized spacial score (nSPS) is 15.0. The first-order chi connectivity index (χ1) is 58.8. The van der Waals surface area contributed by atoms with Gasteiger partial charge in [-0.2, -0.15) is 10.5 Å². The molecule has 0 saturated carbocycles. The average molecular weight is 1650 g/mol. The number of para-hydroxylation sites is 10. The van der Waals surface area contributed by atoms with Crippen LogP contribution in [0.1, 0.15) is 50.3 Å². The monoisotopic (exact) mass is 1640 g/mol. The minimum atomic E-state index is -0.455. The Morgan fingerprint density at radius 1 is 0.375 bits per heavy atom. The zero-order valence-electron chi connectivity index (χ0n) is 65.5. The Bertz CT molecular complexity index is 7520. The molecule has 0 spiro atoms. The molecule has 570 valence electrons. The van der Waals surface area contributed by atoms with Crippen molar-refractivity contribution >= 4 is 158 Å². The van der Waals surface area contributed by atoms with Crippen molar-refractivity contribution < 1.29 is 9.68 Å². The van der Waals surface area contributed by atoms with E-state index in [0.717, 1.165) is 132 Å². The van der Waals surface area contributed by atoms with Crippen molar-refractivity contribution in [1.82, 2.24) is 23.5 Å². The molecule has 2 aliphatic heterocycles. The van der Waals surface area contributed by atoms with Gasteiger partial charge in [-0.25, -0.2) is 19.4 Å². The first-order valence-corrected chi connectivity index (χ1v) is 42.3. The summed E-state index contributed by atoms with van der Waals surface area (Å²) in [5.41, 5.74) is 21.8. The molecular weight excluding hydrogens is 1580 g/mol. The van der Waals surface area contributed by atoms with E-state index in [0.29, 0.717) is 27.8 Å². The van der Waals surface area contributed by atoms with Gasteiger partial charge in [-0.05, 0) is 177 Å². The van der Waals surface area contributed by atoms with Gasteiger partial charge < -0.3 is 18.3 Å². The molecule has 0 radical (unpaired) electrons. The molecule has 1 saturated heterocycles. The highest BCUT2D eigenvalue weighted by Crippen LogP contribution is 2.53. The summed E-state index contributed by atoms with van der Waals surface area (Å²) < 4.78 is 12.0. The molecule has 2 atom stereocenters. The van der Waals surface area contributed by atoms with Crippen LogP contribution < -0.4 is 0 Å². The number of hydrogen-bond donors (Lipinski definition) is 0. The van der Waals surface area contributed by atoms with Crippen LogP contribution in [0.2, 0.25) is 0 Å². The van der Waals surface area contributed by atoms with Gasteiger partial charge in [0.05, 0.1) is 96.9 Å². The molecule has 5 aromatic heterocycles. The van der Waals surface area contributed by atoms with E-state index in [4.69, 9.17) is 22.8 Å². The molecule has 1 fully saturated rings. The Kier molecular flexibility index (Phi) is 17.8. The Morgan fingerprint density at radius 3 is 1.12 bits per heavy atom. The average Bonchev–Trinajstić information content (AvgIpc) is 1.59. The number of nitriles is 2. The Morgan fingerprint density at radius 2 is 0.717 bits per heavy atom. The third kappa shape index (κ3) is 11.8. The molecular formula is C106H70BrN9O2S2. The smallest absolute Gasteiger partial charge is 0.224 e. The van der Waals surface area contributed by atoms with E-state index in [9.17, 15) is 10.5 Å². The first-order valence-electron chi connectivity index (χ1n) is 39.8. The van der Waals surface area contributed by atoms with Crippen LogP contribution >= 0.6 is 39.0 Å². The minimum Gasteiger partial charge on any atom is -0.319 e. The quantitative estimate of drug-likeness (QED) is 0.141. The number of thioether (sulfide) groups is 1. The fourth-order valence-corrected chi connectivity index (χ4v) is 20.8. The molecule has 2 unspecified atom stereocenters. The molecule has 20 aromatic rings. The Hall–Kier alpha value is -14.3. The molecule has 7 heterocycles. The number of benzene rings is 15. The van der Waals surface area contributed by atoms with Crippen molar-refractivity contribution in [2.75, 3.05) is 0 Å². The van der Waals surface area contributed by atoms with Crippen LogP contribution in [-0.2, 0) is 9.68 Å². The lowest BCUT2D eigenvalue weighted by molar-refractivity contribution is -0.300. The number of hydrogen-bond acceptors (Lipinski definition) is 7. The molecule has 0 bridgehead atoms. The number of halogens is 1. The molecule has 3 aliphatic rings. The van der Waals surface area contributed by atoms with E-state index in [1.807, 2.05) is 48.2 Å². The summed E-state index contributed by atoms with van der Waals surface area (Å²) in [6.07, 6.45) is 6.60. The standard InChI is InChI=1S/C50H28N4S.C37H31N3O2S.C19H11BrN2/c1-52-50-34(17-11-23-47(50)54-44-20-8-4-14-37(44)38-15-5-9-21-45(38)54)32-25-27-49-40(29-32)39-28-31(24-26-48(39)55-49)33-16-10-22-46(41(33)30-51)53-42-18-6-2-12-35(42)36-13-3-7-19-43(36)53;1-36(2)37(3,4)42-40(41-36)24-17-19-35-29(21-24)28-20-23(16-18-34(28)43-35)25-12-9-15-33(30(25)22-38)39-31-13-7-5-10-26(31)27-11-6-8-14-32(27)39;1-21-19-15(20)9-6-12-18(19)22-16-10-4-2-7-13(16)14-8-3-5-11-17(14)22/h2-29H;5-21,29,35H,1-4H3;2-12H. The van der Waals surface area contributed by atoms with Gasteiger partial charge in [0, 0.05) is 94.9 Å². The molecule has 0 amide bonds. The fraction of sp³-hybridized carbons (Fsp3) is 0.0755. The van der Waals surface area contributed by atoms with Crippen LogP contribution in [0.15, 0.2) is 355 Å². The molecule has 15 aromatic carbocycles. The lowest BCUT2D eigenvalue weighted by atomic mass is 9.88. The molecule has 1 aliphatic carbocycles. The first kappa shape index (κ1) is 73.3. The van der Waals surface area contributed by atoms with Crippen LogP contribution in [0, 0.1) is 35.8 Å². The molecule has 0 N–H and O–H groups in total. The topological polar surface area (TPSA) is 97.7 Å². The second-order valence-corrected chi connectivity index (χ2v) is 34.6. The maximum absolute atomic E-state index is 10.8. The van der Waals surface area contributed by atoms with Crippen LogP contribution in [-0.4, -0.2) is 39.9 Å². The predicted molar refractivity (Wildman–Crippen MR) is 497 cm³/mol. The third-order valence-corrected chi connectivity index (χ3v) is 27.4. The summed E-state index contributed by atoms with van der Waals surface area (Å²) in [5.74, 6) is 0.171. The zero-order valence-corrected chi connectivity index (χ0v) is 68.7. The van der Waals surface area contributed by atoms with Gasteiger partial charge in [0.15, 0.2) is 0 Å². The Balaban J connectivity index is 0.000000121. The number of thiophene rings is 1. The van der Waals surface area contributed by atoms with Crippen LogP contribution in [0.25, 0.3) is 173 Å². The van der Waals surface area contributed by atoms with Crippen molar-refractivity contribution in [2.45, 2.75) is 55.0 Å². The fourth-order valence-electron chi connectivity index (χ4n) is 18.0. The van der Waals surface area contributed by atoms with Gasteiger partial charge in [0.1, 0.15) is 23.3 Å².